The van der Waals surface area contributed by atoms with E-state index in [1.165, 1.54) is 37.9 Å². The third-order valence-corrected chi connectivity index (χ3v) is 4.35. The lowest BCUT2D eigenvalue weighted by atomic mass is 10.0. The molecule has 2 rings (SSSR count). The lowest BCUT2D eigenvalue weighted by Gasteiger charge is -2.33. The number of halogens is 1. The lowest BCUT2D eigenvalue weighted by molar-refractivity contribution is 0.167. The van der Waals surface area contributed by atoms with Crippen molar-refractivity contribution in [2.45, 2.75) is 51.6 Å². The molecule has 1 aromatic rings. The molecule has 2 unspecified atom stereocenters. The van der Waals surface area contributed by atoms with Crippen LogP contribution < -0.4 is 5.32 Å². The van der Waals surface area contributed by atoms with E-state index in [0.29, 0.717) is 12.1 Å². The van der Waals surface area contributed by atoms with Gasteiger partial charge in [-0.25, -0.2) is 4.39 Å². The number of rotatable bonds is 6. The zero-order valence-corrected chi connectivity index (χ0v) is 12.7. The van der Waals surface area contributed by atoms with Gasteiger partial charge in [0.2, 0.25) is 0 Å². The van der Waals surface area contributed by atoms with Crippen LogP contribution in [-0.4, -0.2) is 30.6 Å². The van der Waals surface area contributed by atoms with E-state index >= 15 is 0 Å². The molecule has 2 atom stereocenters. The van der Waals surface area contributed by atoms with E-state index in [1.807, 2.05) is 12.1 Å². The molecule has 20 heavy (non-hydrogen) atoms. The number of nitrogens with zero attached hydrogens (tertiary/aromatic N) is 1. The van der Waals surface area contributed by atoms with E-state index in [9.17, 15) is 4.39 Å². The molecular weight excluding hydrogens is 251 g/mol. The Morgan fingerprint density at radius 1 is 1.15 bits per heavy atom. The molecule has 0 radical (unpaired) electrons. The SMILES string of the molecule is CCC(NCC(C)N1CCCCC1)c1ccc(F)cc1. The summed E-state index contributed by atoms with van der Waals surface area (Å²) in [4.78, 5) is 2.58. The van der Waals surface area contributed by atoms with E-state index in [1.54, 1.807) is 12.1 Å². The normalized spacial score (nSPS) is 19.8. The van der Waals surface area contributed by atoms with Crippen LogP contribution in [0.2, 0.25) is 0 Å². The molecule has 0 amide bonds. The third-order valence-electron chi connectivity index (χ3n) is 4.35. The Hall–Kier alpha value is -0.930. The number of benzene rings is 1. The minimum absolute atomic E-state index is 0.162. The fraction of sp³-hybridized carbons (Fsp3) is 0.647. The Morgan fingerprint density at radius 2 is 1.80 bits per heavy atom. The van der Waals surface area contributed by atoms with E-state index in [0.717, 1.165) is 13.0 Å². The van der Waals surface area contributed by atoms with Crippen molar-refractivity contribution in [3.05, 3.63) is 35.6 Å². The summed E-state index contributed by atoms with van der Waals surface area (Å²) in [6, 6.07) is 7.78. The summed E-state index contributed by atoms with van der Waals surface area (Å²) in [6.07, 6.45) is 5.07. The topological polar surface area (TPSA) is 15.3 Å². The number of hydrogen-bond donors (Lipinski definition) is 1. The first kappa shape index (κ1) is 15.5. The molecule has 0 aromatic heterocycles. The van der Waals surface area contributed by atoms with Crippen LogP contribution in [0, 0.1) is 5.82 Å². The molecule has 0 saturated carbocycles. The fourth-order valence-electron chi connectivity index (χ4n) is 2.99. The van der Waals surface area contributed by atoms with Crippen LogP contribution in [0.25, 0.3) is 0 Å². The van der Waals surface area contributed by atoms with Crippen LogP contribution in [0.15, 0.2) is 24.3 Å². The zero-order chi connectivity index (χ0) is 14.4. The first-order chi connectivity index (χ1) is 9.70. The third kappa shape index (κ3) is 4.29. The van der Waals surface area contributed by atoms with E-state index < -0.39 is 0 Å². The van der Waals surface area contributed by atoms with Crippen LogP contribution in [0.5, 0.6) is 0 Å². The Bertz CT molecular complexity index is 384. The molecule has 0 spiro atoms. The Labute approximate surface area is 122 Å². The van der Waals surface area contributed by atoms with Crippen molar-refractivity contribution in [3.8, 4) is 0 Å². The molecule has 112 valence electrons. The maximum Gasteiger partial charge on any atom is 0.123 e. The molecule has 0 bridgehead atoms. The molecule has 2 nitrogen and oxygen atoms in total. The van der Waals surface area contributed by atoms with Crippen LogP contribution in [-0.2, 0) is 0 Å². The fourth-order valence-corrected chi connectivity index (χ4v) is 2.99. The number of piperidine rings is 1. The quantitative estimate of drug-likeness (QED) is 0.852. The molecule has 1 fully saturated rings. The summed E-state index contributed by atoms with van der Waals surface area (Å²) in [7, 11) is 0. The molecule has 1 aromatic carbocycles. The largest absolute Gasteiger partial charge is 0.308 e. The van der Waals surface area contributed by atoms with E-state index in [-0.39, 0.29) is 5.82 Å². The van der Waals surface area contributed by atoms with Crippen molar-refractivity contribution in [1.29, 1.82) is 0 Å². The van der Waals surface area contributed by atoms with Gasteiger partial charge in [-0.15, -0.1) is 0 Å². The Balaban J connectivity index is 1.85. The van der Waals surface area contributed by atoms with Crippen LogP contribution >= 0.6 is 0 Å². The average Bonchev–Trinajstić information content (AvgIpc) is 2.50. The van der Waals surface area contributed by atoms with E-state index in [4.69, 9.17) is 0 Å². The van der Waals surface area contributed by atoms with Gasteiger partial charge in [0, 0.05) is 18.6 Å². The number of nitrogens with one attached hydrogen (secondary N) is 1. The van der Waals surface area contributed by atoms with Gasteiger partial charge in [0.05, 0.1) is 0 Å². The van der Waals surface area contributed by atoms with Gasteiger partial charge in [0.15, 0.2) is 0 Å². The van der Waals surface area contributed by atoms with Crippen molar-refractivity contribution < 1.29 is 4.39 Å². The van der Waals surface area contributed by atoms with Gasteiger partial charge < -0.3 is 5.32 Å². The molecule has 1 heterocycles. The molecule has 1 N–H and O–H groups in total. The molecule has 3 heteroatoms. The van der Waals surface area contributed by atoms with Gasteiger partial charge >= 0.3 is 0 Å². The molecule has 1 saturated heterocycles. The van der Waals surface area contributed by atoms with Crippen molar-refractivity contribution in [2.24, 2.45) is 0 Å². The number of likely N-dealkylation sites (tertiary alicyclic amines) is 1. The minimum Gasteiger partial charge on any atom is -0.308 e. The van der Waals surface area contributed by atoms with Crippen molar-refractivity contribution in [1.82, 2.24) is 10.2 Å². The first-order valence-electron chi connectivity index (χ1n) is 7.93. The van der Waals surface area contributed by atoms with Crippen LogP contribution in [0.1, 0.15) is 51.1 Å². The van der Waals surface area contributed by atoms with Gasteiger partial charge in [0.1, 0.15) is 5.82 Å². The second-order valence-electron chi connectivity index (χ2n) is 5.87. The second kappa shape index (κ2) is 7.75. The summed E-state index contributed by atoms with van der Waals surface area (Å²) < 4.78 is 13.0. The van der Waals surface area contributed by atoms with Gasteiger partial charge in [-0.1, -0.05) is 25.5 Å². The van der Waals surface area contributed by atoms with E-state index in [2.05, 4.69) is 24.1 Å². The standard InChI is InChI=1S/C17H27FN2/c1-3-17(15-7-9-16(18)10-8-15)19-13-14(2)20-11-5-4-6-12-20/h7-10,14,17,19H,3-6,11-13H2,1-2H3. The first-order valence-corrected chi connectivity index (χ1v) is 7.93. The predicted molar refractivity (Wildman–Crippen MR) is 82.3 cm³/mol. The summed E-state index contributed by atoms with van der Waals surface area (Å²) >= 11 is 0. The number of hydrogen-bond acceptors (Lipinski definition) is 2. The summed E-state index contributed by atoms with van der Waals surface area (Å²) in [5, 5.41) is 3.64. The Morgan fingerprint density at radius 3 is 2.40 bits per heavy atom. The maximum atomic E-state index is 13.0. The highest BCUT2D eigenvalue weighted by molar-refractivity contribution is 5.19. The molecular formula is C17H27FN2. The molecule has 1 aliphatic heterocycles. The van der Waals surface area contributed by atoms with Crippen molar-refractivity contribution in [3.63, 3.8) is 0 Å². The maximum absolute atomic E-state index is 13.0. The highest BCUT2D eigenvalue weighted by atomic mass is 19.1. The Kier molecular flexibility index (Phi) is 5.99. The summed E-state index contributed by atoms with van der Waals surface area (Å²) in [5.74, 6) is -0.162. The van der Waals surface area contributed by atoms with Crippen LogP contribution in [0.3, 0.4) is 0 Å². The highest BCUT2D eigenvalue weighted by Crippen LogP contribution is 2.18. The average molecular weight is 278 g/mol. The summed E-state index contributed by atoms with van der Waals surface area (Å²) in [6.45, 7) is 7.94. The van der Waals surface area contributed by atoms with Crippen LogP contribution in [0.4, 0.5) is 4.39 Å². The van der Waals surface area contributed by atoms with Gasteiger partial charge in [-0.3, -0.25) is 4.90 Å². The van der Waals surface area contributed by atoms with Gasteiger partial charge in [0.25, 0.3) is 0 Å². The second-order valence-corrected chi connectivity index (χ2v) is 5.87. The highest BCUT2D eigenvalue weighted by Gasteiger charge is 2.18. The summed E-state index contributed by atoms with van der Waals surface area (Å²) in [5.41, 5.74) is 1.18. The molecule has 1 aliphatic rings. The van der Waals surface area contributed by atoms with Gasteiger partial charge in [-0.2, -0.15) is 0 Å². The minimum atomic E-state index is -0.162. The van der Waals surface area contributed by atoms with Crippen molar-refractivity contribution in [2.75, 3.05) is 19.6 Å². The smallest absolute Gasteiger partial charge is 0.123 e. The zero-order valence-electron chi connectivity index (χ0n) is 12.7. The van der Waals surface area contributed by atoms with Gasteiger partial charge in [-0.05, 0) is 57.0 Å². The predicted octanol–water partition coefficient (Wildman–Crippen LogP) is 3.74. The van der Waals surface area contributed by atoms with Crippen molar-refractivity contribution >= 4 is 0 Å². The molecule has 0 aliphatic carbocycles. The lowest BCUT2D eigenvalue weighted by Crippen LogP contribution is -2.43. The monoisotopic (exact) mass is 278 g/mol.